The number of rotatable bonds is 3. The fraction of sp³-hybridized carbons (Fsp3) is 0.556. The zero-order valence-electron chi connectivity index (χ0n) is 13.2. The number of aliphatic hydroxyl groups excluding tert-OH is 1. The summed E-state index contributed by atoms with van der Waals surface area (Å²) in [5, 5.41) is 8.77. The molecule has 3 heteroatoms. The average Bonchev–Trinajstić information content (AvgIpc) is 2.37. The molecule has 21 heavy (non-hydrogen) atoms. The van der Waals surface area contributed by atoms with Crippen LogP contribution in [0.15, 0.2) is 24.3 Å². The van der Waals surface area contributed by atoms with Gasteiger partial charge in [-0.05, 0) is 38.5 Å². The molecule has 0 amide bonds. The molecule has 1 aliphatic heterocycles. The lowest BCUT2D eigenvalue weighted by Gasteiger charge is -2.41. The van der Waals surface area contributed by atoms with Gasteiger partial charge in [0.05, 0.1) is 18.3 Å². The normalized spacial score (nSPS) is 21.6. The van der Waals surface area contributed by atoms with Crippen molar-refractivity contribution in [2.24, 2.45) is 0 Å². The van der Waals surface area contributed by atoms with Crippen LogP contribution in [0.4, 0.5) is 0 Å². The Morgan fingerprint density at radius 1 is 1.43 bits per heavy atom. The van der Waals surface area contributed by atoms with Gasteiger partial charge >= 0.3 is 0 Å². The number of benzene rings is 1. The van der Waals surface area contributed by atoms with Gasteiger partial charge in [-0.25, -0.2) is 0 Å². The standard InChI is InChI=1S/C18H25NO2/c1-15-12-19(14-18(2,3)21-15)13-17-9-6-8-16(11-17)7-4-5-10-20/h6,8-9,11,15,20H,5,10,12-14H2,1-3H3. The molecule has 1 N–H and O–H groups in total. The van der Waals surface area contributed by atoms with Gasteiger partial charge in [-0.1, -0.05) is 24.0 Å². The Bertz CT molecular complexity index is 528. The number of aliphatic hydroxyl groups is 1. The molecule has 1 atom stereocenters. The van der Waals surface area contributed by atoms with Gasteiger partial charge in [0.25, 0.3) is 0 Å². The van der Waals surface area contributed by atoms with Gasteiger partial charge in [-0.15, -0.1) is 0 Å². The first-order valence-corrected chi connectivity index (χ1v) is 7.57. The number of hydrogen-bond acceptors (Lipinski definition) is 3. The van der Waals surface area contributed by atoms with Crippen LogP contribution in [-0.4, -0.2) is 41.4 Å². The minimum atomic E-state index is -0.0871. The van der Waals surface area contributed by atoms with Gasteiger partial charge in [-0.3, -0.25) is 4.90 Å². The topological polar surface area (TPSA) is 32.7 Å². The third-order valence-corrected chi connectivity index (χ3v) is 3.44. The van der Waals surface area contributed by atoms with E-state index in [1.165, 1.54) is 5.56 Å². The highest BCUT2D eigenvalue weighted by atomic mass is 16.5. The molecule has 1 aromatic rings. The third-order valence-electron chi connectivity index (χ3n) is 3.44. The second-order valence-electron chi connectivity index (χ2n) is 6.33. The second kappa shape index (κ2) is 7.09. The summed E-state index contributed by atoms with van der Waals surface area (Å²) in [5.41, 5.74) is 2.20. The van der Waals surface area contributed by atoms with Crippen LogP contribution in [0.25, 0.3) is 0 Å². The van der Waals surface area contributed by atoms with E-state index in [0.29, 0.717) is 6.42 Å². The molecule has 114 valence electrons. The zero-order valence-corrected chi connectivity index (χ0v) is 13.2. The van der Waals surface area contributed by atoms with Crippen molar-refractivity contribution in [2.45, 2.75) is 45.4 Å². The molecule has 1 aliphatic rings. The third kappa shape index (κ3) is 5.17. The van der Waals surface area contributed by atoms with Gasteiger partial charge < -0.3 is 9.84 Å². The zero-order chi connectivity index (χ0) is 15.3. The number of nitrogens with zero attached hydrogens (tertiary/aromatic N) is 1. The van der Waals surface area contributed by atoms with Crippen molar-refractivity contribution >= 4 is 0 Å². The van der Waals surface area contributed by atoms with Crippen LogP contribution in [0.3, 0.4) is 0 Å². The largest absolute Gasteiger partial charge is 0.395 e. The second-order valence-corrected chi connectivity index (χ2v) is 6.33. The maximum Gasteiger partial charge on any atom is 0.0757 e. The molecule has 1 saturated heterocycles. The van der Waals surface area contributed by atoms with E-state index in [4.69, 9.17) is 9.84 Å². The SMILES string of the molecule is CC1CN(Cc2cccc(C#CCCO)c2)CC(C)(C)O1. The summed E-state index contributed by atoms with van der Waals surface area (Å²) in [4.78, 5) is 2.44. The number of hydrogen-bond donors (Lipinski definition) is 1. The Morgan fingerprint density at radius 2 is 2.24 bits per heavy atom. The van der Waals surface area contributed by atoms with Crippen molar-refractivity contribution in [2.75, 3.05) is 19.7 Å². The smallest absolute Gasteiger partial charge is 0.0757 e. The quantitative estimate of drug-likeness (QED) is 0.867. The summed E-state index contributed by atoms with van der Waals surface area (Å²) in [6, 6.07) is 8.34. The lowest BCUT2D eigenvalue weighted by molar-refractivity contribution is -0.130. The van der Waals surface area contributed by atoms with Gasteiger partial charge in [0.1, 0.15) is 0 Å². The minimum absolute atomic E-state index is 0.0871. The van der Waals surface area contributed by atoms with Crippen molar-refractivity contribution in [1.29, 1.82) is 0 Å². The number of ether oxygens (including phenoxy) is 1. The van der Waals surface area contributed by atoms with E-state index < -0.39 is 0 Å². The molecule has 2 rings (SSSR count). The molecular weight excluding hydrogens is 262 g/mol. The lowest BCUT2D eigenvalue weighted by Crippen LogP contribution is -2.51. The maximum absolute atomic E-state index is 8.77. The summed E-state index contributed by atoms with van der Waals surface area (Å²) < 4.78 is 5.94. The van der Waals surface area contributed by atoms with E-state index in [1.54, 1.807) is 0 Å². The van der Waals surface area contributed by atoms with Crippen LogP contribution in [0.5, 0.6) is 0 Å². The number of morpholine rings is 1. The van der Waals surface area contributed by atoms with Crippen LogP contribution in [0.1, 0.15) is 38.3 Å². The summed E-state index contributed by atoms with van der Waals surface area (Å²) in [7, 11) is 0. The summed E-state index contributed by atoms with van der Waals surface area (Å²) >= 11 is 0. The molecule has 0 aromatic heterocycles. The van der Waals surface area contributed by atoms with Crippen LogP contribution >= 0.6 is 0 Å². The highest BCUT2D eigenvalue weighted by Crippen LogP contribution is 2.22. The first-order valence-electron chi connectivity index (χ1n) is 7.57. The summed E-state index contributed by atoms with van der Waals surface area (Å²) in [6.45, 7) is 9.37. The van der Waals surface area contributed by atoms with E-state index in [1.807, 2.05) is 12.1 Å². The first kappa shape index (κ1) is 16.0. The van der Waals surface area contributed by atoms with E-state index in [2.05, 4.69) is 49.6 Å². The van der Waals surface area contributed by atoms with Gasteiger partial charge in [-0.2, -0.15) is 0 Å². The van der Waals surface area contributed by atoms with Crippen LogP contribution in [-0.2, 0) is 11.3 Å². The van der Waals surface area contributed by atoms with E-state index in [-0.39, 0.29) is 18.3 Å². The predicted molar refractivity (Wildman–Crippen MR) is 84.9 cm³/mol. The van der Waals surface area contributed by atoms with Crippen LogP contribution in [0.2, 0.25) is 0 Å². The molecule has 0 spiro atoms. The highest BCUT2D eigenvalue weighted by molar-refractivity contribution is 5.37. The molecule has 1 heterocycles. The van der Waals surface area contributed by atoms with Crippen molar-refractivity contribution in [3.8, 4) is 11.8 Å². The highest BCUT2D eigenvalue weighted by Gasteiger charge is 2.30. The lowest BCUT2D eigenvalue weighted by atomic mass is 10.0. The van der Waals surface area contributed by atoms with E-state index in [9.17, 15) is 0 Å². The average molecular weight is 287 g/mol. The van der Waals surface area contributed by atoms with Crippen molar-refractivity contribution in [3.63, 3.8) is 0 Å². The molecule has 0 bridgehead atoms. The molecule has 3 nitrogen and oxygen atoms in total. The Hall–Kier alpha value is -1.34. The molecule has 1 aromatic carbocycles. The maximum atomic E-state index is 8.77. The Labute approximate surface area is 127 Å². The van der Waals surface area contributed by atoms with Gasteiger partial charge in [0.15, 0.2) is 0 Å². The molecule has 0 aliphatic carbocycles. The fourth-order valence-electron chi connectivity index (χ4n) is 2.93. The van der Waals surface area contributed by atoms with Crippen LogP contribution in [0, 0.1) is 11.8 Å². The van der Waals surface area contributed by atoms with E-state index in [0.717, 1.165) is 25.2 Å². The van der Waals surface area contributed by atoms with Crippen LogP contribution < -0.4 is 0 Å². The van der Waals surface area contributed by atoms with Gasteiger partial charge in [0, 0.05) is 31.6 Å². The molecule has 0 saturated carbocycles. The van der Waals surface area contributed by atoms with Crippen molar-refractivity contribution in [3.05, 3.63) is 35.4 Å². The monoisotopic (exact) mass is 287 g/mol. The van der Waals surface area contributed by atoms with Crippen molar-refractivity contribution in [1.82, 2.24) is 4.90 Å². The molecule has 1 fully saturated rings. The molecule has 0 radical (unpaired) electrons. The fourth-order valence-corrected chi connectivity index (χ4v) is 2.93. The van der Waals surface area contributed by atoms with Gasteiger partial charge in [0.2, 0.25) is 0 Å². The Morgan fingerprint density at radius 3 is 2.95 bits per heavy atom. The van der Waals surface area contributed by atoms with Crippen molar-refractivity contribution < 1.29 is 9.84 Å². The predicted octanol–water partition coefficient (Wildman–Crippen LogP) is 2.42. The molecular formula is C18H25NO2. The minimum Gasteiger partial charge on any atom is -0.395 e. The summed E-state index contributed by atoms with van der Waals surface area (Å²) in [6.07, 6.45) is 0.792. The Kier molecular flexibility index (Phi) is 5.41. The first-order chi connectivity index (χ1) is 9.98. The summed E-state index contributed by atoms with van der Waals surface area (Å²) in [5.74, 6) is 6.06. The van der Waals surface area contributed by atoms with E-state index >= 15 is 0 Å². The molecule has 1 unspecified atom stereocenters. The Balaban J connectivity index is 2.03.